The molecular weight excluding hydrogens is 288 g/mol. The molecule has 1 atom stereocenters. The van der Waals surface area contributed by atoms with Gasteiger partial charge in [-0.05, 0) is 34.8 Å². The fourth-order valence-corrected chi connectivity index (χ4v) is 3.36. The maximum atomic E-state index is 11.9. The number of nitrogens with two attached hydrogens (primary N) is 1. The average Bonchev–Trinajstić information content (AvgIpc) is 2.87. The van der Waals surface area contributed by atoms with E-state index in [2.05, 4.69) is 15.9 Å². The standard InChI is InChI=1S/C11H15BrN2OS/c12-8-5-10(16-7-8)9(13)6-11(15)14-3-1-2-4-14/h5,7,9H,1-4,6,13H2. The minimum atomic E-state index is -0.163. The predicted octanol–water partition coefficient (Wildman–Crippen LogP) is 2.52. The Balaban J connectivity index is 1.91. The van der Waals surface area contributed by atoms with Crippen molar-refractivity contribution < 1.29 is 4.79 Å². The number of nitrogens with zero attached hydrogens (tertiary/aromatic N) is 1. The third-order valence-corrected chi connectivity index (χ3v) is 4.63. The summed E-state index contributed by atoms with van der Waals surface area (Å²) >= 11 is 4.99. The van der Waals surface area contributed by atoms with Crippen molar-refractivity contribution in [2.45, 2.75) is 25.3 Å². The summed E-state index contributed by atoms with van der Waals surface area (Å²) in [5.74, 6) is 0.189. The van der Waals surface area contributed by atoms with Crippen molar-refractivity contribution in [1.29, 1.82) is 0 Å². The lowest BCUT2D eigenvalue weighted by atomic mass is 10.1. The molecule has 16 heavy (non-hydrogen) atoms. The molecular formula is C11H15BrN2OS. The van der Waals surface area contributed by atoms with Crippen molar-refractivity contribution in [3.05, 3.63) is 20.8 Å². The molecule has 0 spiro atoms. The summed E-state index contributed by atoms with van der Waals surface area (Å²) in [6.45, 7) is 1.80. The monoisotopic (exact) mass is 302 g/mol. The van der Waals surface area contributed by atoms with E-state index in [1.165, 1.54) is 0 Å². The second kappa shape index (κ2) is 5.29. The fourth-order valence-electron chi connectivity index (χ4n) is 1.91. The summed E-state index contributed by atoms with van der Waals surface area (Å²) in [6.07, 6.45) is 2.68. The van der Waals surface area contributed by atoms with Crippen LogP contribution in [0.2, 0.25) is 0 Å². The highest BCUT2D eigenvalue weighted by molar-refractivity contribution is 9.10. The van der Waals surface area contributed by atoms with Crippen molar-refractivity contribution in [2.24, 2.45) is 5.73 Å². The summed E-state index contributed by atoms with van der Waals surface area (Å²) < 4.78 is 1.04. The van der Waals surface area contributed by atoms with E-state index < -0.39 is 0 Å². The summed E-state index contributed by atoms with van der Waals surface area (Å²) in [5, 5.41) is 2.00. The fraction of sp³-hybridized carbons (Fsp3) is 0.545. The number of hydrogen-bond donors (Lipinski definition) is 1. The van der Waals surface area contributed by atoms with Crippen LogP contribution in [0.4, 0.5) is 0 Å². The molecule has 0 saturated carbocycles. The Bertz CT molecular complexity index is 374. The normalized spacial score (nSPS) is 17.8. The second-order valence-electron chi connectivity index (χ2n) is 4.07. The SMILES string of the molecule is NC(CC(=O)N1CCCC1)c1cc(Br)cs1. The molecule has 5 heteroatoms. The number of amides is 1. The molecule has 1 amide bonds. The van der Waals surface area contributed by atoms with Crippen LogP contribution in [0.25, 0.3) is 0 Å². The van der Waals surface area contributed by atoms with Crippen LogP contribution >= 0.6 is 27.3 Å². The third kappa shape index (κ3) is 2.84. The lowest BCUT2D eigenvalue weighted by Gasteiger charge is -2.17. The van der Waals surface area contributed by atoms with Gasteiger partial charge >= 0.3 is 0 Å². The quantitative estimate of drug-likeness (QED) is 0.932. The molecule has 0 aromatic carbocycles. The van der Waals surface area contributed by atoms with Gasteiger partial charge in [0.05, 0.1) is 0 Å². The molecule has 2 N–H and O–H groups in total. The maximum absolute atomic E-state index is 11.9. The zero-order chi connectivity index (χ0) is 11.5. The van der Waals surface area contributed by atoms with Gasteiger partial charge in [0, 0.05) is 40.3 Å². The highest BCUT2D eigenvalue weighted by Crippen LogP contribution is 2.26. The maximum Gasteiger partial charge on any atom is 0.224 e. The van der Waals surface area contributed by atoms with Gasteiger partial charge in [0.1, 0.15) is 0 Å². The van der Waals surface area contributed by atoms with Gasteiger partial charge in [0.2, 0.25) is 5.91 Å². The van der Waals surface area contributed by atoms with Gasteiger partial charge in [-0.2, -0.15) is 0 Å². The highest BCUT2D eigenvalue weighted by atomic mass is 79.9. The van der Waals surface area contributed by atoms with E-state index >= 15 is 0 Å². The van der Waals surface area contributed by atoms with Gasteiger partial charge in [0.25, 0.3) is 0 Å². The lowest BCUT2D eigenvalue weighted by Crippen LogP contribution is -2.30. The molecule has 0 radical (unpaired) electrons. The number of rotatable bonds is 3. The molecule has 2 rings (SSSR count). The number of halogens is 1. The van der Waals surface area contributed by atoms with Crippen LogP contribution in [0.1, 0.15) is 30.2 Å². The number of carbonyl (C=O) groups is 1. The van der Waals surface area contributed by atoms with Gasteiger partial charge in [0.15, 0.2) is 0 Å². The summed E-state index contributed by atoms with van der Waals surface area (Å²) in [7, 11) is 0. The van der Waals surface area contributed by atoms with Gasteiger partial charge < -0.3 is 10.6 Å². The number of thiophene rings is 1. The Morgan fingerprint density at radius 2 is 2.25 bits per heavy atom. The minimum Gasteiger partial charge on any atom is -0.343 e. The van der Waals surface area contributed by atoms with Gasteiger partial charge in [-0.15, -0.1) is 11.3 Å². The van der Waals surface area contributed by atoms with Crippen molar-refractivity contribution in [3.8, 4) is 0 Å². The molecule has 0 bridgehead atoms. The van der Waals surface area contributed by atoms with Crippen LogP contribution in [0.3, 0.4) is 0 Å². The second-order valence-corrected chi connectivity index (χ2v) is 5.92. The van der Waals surface area contributed by atoms with Crippen LogP contribution < -0.4 is 5.73 Å². The van der Waals surface area contributed by atoms with Gasteiger partial charge in [-0.1, -0.05) is 0 Å². The first-order chi connectivity index (χ1) is 7.66. The molecule has 0 aliphatic carbocycles. The first kappa shape index (κ1) is 12.1. The Hall–Kier alpha value is -0.390. The van der Waals surface area contributed by atoms with E-state index in [1.807, 2.05) is 16.3 Å². The van der Waals surface area contributed by atoms with Crippen LogP contribution in [-0.4, -0.2) is 23.9 Å². The summed E-state index contributed by atoms with van der Waals surface area (Å²) in [5.41, 5.74) is 6.02. The number of hydrogen-bond acceptors (Lipinski definition) is 3. The number of carbonyl (C=O) groups excluding carboxylic acids is 1. The third-order valence-electron chi connectivity index (χ3n) is 2.81. The van der Waals surface area contributed by atoms with Crippen molar-refractivity contribution in [2.75, 3.05) is 13.1 Å². The first-order valence-corrected chi connectivity index (χ1v) is 7.11. The Morgan fingerprint density at radius 1 is 1.56 bits per heavy atom. The summed E-state index contributed by atoms with van der Waals surface area (Å²) in [4.78, 5) is 14.9. The molecule has 1 aromatic rings. The van der Waals surface area contributed by atoms with Crippen LogP contribution in [0, 0.1) is 0 Å². The van der Waals surface area contributed by atoms with Gasteiger partial charge in [-0.25, -0.2) is 0 Å². The van der Waals surface area contributed by atoms with Gasteiger partial charge in [-0.3, -0.25) is 4.79 Å². The Morgan fingerprint density at radius 3 is 2.81 bits per heavy atom. The molecule has 1 fully saturated rings. The first-order valence-electron chi connectivity index (χ1n) is 5.44. The highest BCUT2D eigenvalue weighted by Gasteiger charge is 2.21. The molecule has 1 saturated heterocycles. The minimum absolute atomic E-state index is 0.163. The van der Waals surface area contributed by atoms with E-state index in [0.29, 0.717) is 6.42 Å². The van der Waals surface area contributed by atoms with E-state index in [4.69, 9.17) is 5.73 Å². The van der Waals surface area contributed by atoms with Crippen LogP contribution in [0.15, 0.2) is 15.9 Å². The molecule has 1 unspecified atom stereocenters. The summed E-state index contributed by atoms with van der Waals surface area (Å²) in [6, 6.07) is 1.83. The molecule has 88 valence electrons. The molecule has 3 nitrogen and oxygen atoms in total. The van der Waals surface area contributed by atoms with Crippen LogP contribution in [0.5, 0.6) is 0 Å². The van der Waals surface area contributed by atoms with Crippen LogP contribution in [-0.2, 0) is 4.79 Å². The van der Waals surface area contributed by atoms with E-state index in [9.17, 15) is 4.79 Å². The Labute approximate surface area is 108 Å². The van der Waals surface area contributed by atoms with Crippen molar-refractivity contribution in [1.82, 2.24) is 4.90 Å². The largest absolute Gasteiger partial charge is 0.343 e. The molecule has 1 aromatic heterocycles. The number of likely N-dealkylation sites (tertiary alicyclic amines) is 1. The predicted molar refractivity (Wildman–Crippen MR) is 69.4 cm³/mol. The Kier molecular flexibility index (Phi) is 4.00. The molecule has 1 aliphatic heterocycles. The zero-order valence-electron chi connectivity index (χ0n) is 8.99. The van der Waals surface area contributed by atoms with Crippen molar-refractivity contribution in [3.63, 3.8) is 0 Å². The lowest BCUT2D eigenvalue weighted by molar-refractivity contribution is -0.130. The average molecular weight is 303 g/mol. The molecule has 2 heterocycles. The topological polar surface area (TPSA) is 46.3 Å². The zero-order valence-corrected chi connectivity index (χ0v) is 11.4. The molecule has 1 aliphatic rings. The van der Waals surface area contributed by atoms with E-state index in [-0.39, 0.29) is 11.9 Å². The van der Waals surface area contributed by atoms with E-state index in [1.54, 1.807) is 11.3 Å². The van der Waals surface area contributed by atoms with E-state index in [0.717, 1.165) is 35.3 Å². The van der Waals surface area contributed by atoms with Crippen molar-refractivity contribution >= 4 is 33.2 Å². The smallest absolute Gasteiger partial charge is 0.224 e.